The van der Waals surface area contributed by atoms with E-state index in [0.29, 0.717) is 29.5 Å². The minimum Gasteiger partial charge on any atom is -0.497 e. The van der Waals surface area contributed by atoms with Crippen LogP contribution < -0.4 is 9.47 Å². The van der Waals surface area contributed by atoms with Gasteiger partial charge >= 0.3 is 0 Å². The highest BCUT2D eigenvalue weighted by Gasteiger charge is 2.30. The Labute approximate surface area is 169 Å². The molecule has 3 aromatic rings. The second-order valence-electron chi connectivity index (χ2n) is 6.94. The molecule has 0 spiro atoms. The highest BCUT2D eigenvalue weighted by molar-refractivity contribution is 5.92. The largest absolute Gasteiger partial charge is 0.497 e. The van der Waals surface area contributed by atoms with Gasteiger partial charge in [-0.2, -0.15) is 0 Å². The third-order valence-electron chi connectivity index (χ3n) is 5.03. The van der Waals surface area contributed by atoms with Crippen LogP contribution in [0.5, 0.6) is 11.5 Å². The molecule has 150 valence electrons. The lowest BCUT2D eigenvalue weighted by Crippen LogP contribution is -2.38. The first-order chi connectivity index (χ1) is 14.2. The topological polar surface area (TPSA) is 77.7 Å². The predicted octanol–water partition coefficient (Wildman–Crippen LogP) is 4.02. The van der Waals surface area contributed by atoms with Crippen molar-refractivity contribution in [2.75, 3.05) is 13.7 Å². The van der Waals surface area contributed by atoms with Gasteiger partial charge in [-0.15, -0.1) is 0 Å². The molecule has 0 bridgehead atoms. The standard InChI is InChI=1S/C22H23N3O4/c1-27-17-7-4-8-18(12-17)28-15-19-13-20(24-29-19)22(26)25-11-3-2-9-21(25)16-6-5-10-23-14-16/h4-8,10,12-14,21H,2-3,9,11,15H2,1H3. The monoisotopic (exact) mass is 393 g/mol. The van der Waals surface area contributed by atoms with Gasteiger partial charge < -0.3 is 18.9 Å². The molecule has 1 amide bonds. The molecule has 1 unspecified atom stereocenters. The third kappa shape index (κ3) is 4.39. The lowest BCUT2D eigenvalue weighted by atomic mass is 9.96. The van der Waals surface area contributed by atoms with Crippen LogP contribution in [0.3, 0.4) is 0 Å². The van der Waals surface area contributed by atoms with E-state index in [-0.39, 0.29) is 18.6 Å². The summed E-state index contributed by atoms with van der Waals surface area (Å²) >= 11 is 0. The fourth-order valence-corrected chi connectivity index (χ4v) is 3.57. The van der Waals surface area contributed by atoms with Gasteiger partial charge in [0.05, 0.1) is 13.2 Å². The Balaban J connectivity index is 1.44. The maximum absolute atomic E-state index is 13.1. The Hall–Kier alpha value is -3.35. The van der Waals surface area contributed by atoms with Crippen molar-refractivity contribution < 1.29 is 18.8 Å². The molecule has 0 N–H and O–H groups in total. The van der Waals surface area contributed by atoms with Crippen molar-refractivity contribution in [1.82, 2.24) is 15.0 Å². The summed E-state index contributed by atoms with van der Waals surface area (Å²) in [6.45, 7) is 0.875. The van der Waals surface area contributed by atoms with Crippen LogP contribution in [0.1, 0.15) is 47.1 Å². The first kappa shape index (κ1) is 19.0. The van der Waals surface area contributed by atoms with Crippen LogP contribution in [-0.4, -0.2) is 34.6 Å². The molecule has 1 atom stereocenters. The van der Waals surface area contributed by atoms with E-state index in [1.807, 2.05) is 41.4 Å². The second kappa shape index (κ2) is 8.77. The molecule has 7 nitrogen and oxygen atoms in total. The number of hydrogen-bond donors (Lipinski definition) is 0. The number of benzene rings is 1. The van der Waals surface area contributed by atoms with Gasteiger partial charge in [-0.1, -0.05) is 17.3 Å². The maximum Gasteiger partial charge on any atom is 0.276 e. The molecule has 0 radical (unpaired) electrons. The number of nitrogens with zero attached hydrogens (tertiary/aromatic N) is 3. The van der Waals surface area contributed by atoms with E-state index in [9.17, 15) is 4.79 Å². The van der Waals surface area contributed by atoms with E-state index >= 15 is 0 Å². The summed E-state index contributed by atoms with van der Waals surface area (Å²) in [6, 6.07) is 12.9. The molecule has 4 rings (SSSR count). The first-order valence-electron chi connectivity index (χ1n) is 9.68. The fourth-order valence-electron chi connectivity index (χ4n) is 3.57. The number of pyridine rings is 1. The number of hydrogen-bond acceptors (Lipinski definition) is 6. The van der Waals surface area contributed by atoms with Crippen LogP contribution in [-0.2, 0) is 6.61 Å². The Morgan fingerprint density at radius 2 is 2.10 bits per heavy atom. The number of carbonyl (C=O) groups excluding carboxylic acids is 1. The molecule has 3 heterocycles. The Morgan fingerprint density at radius 1 is 1.21 bits per heavy atom. The summed E-state index contributed by atoms with van der Waals surface area (Å²) in [5, 5.41) is 3.98. The van der Waals surface area contributed by atoms with Gasteiger partial charge in [-0.25, -0.2) is 0 Å². The zero-order valence-corrected chi connectivity index (χ0v) is 16.3. The highest BCUT2D eigenvalue weighted by Crippen LogP contribution is 2.31. The van der Waals surface area contributed by atoms with Crippen LogP contribution >= 0.6 is 0 Å². The Kier molecular flexibility index (Phi) is 5.74. The number of ether oxygens (including phenoxy) is 2. The van der Waals surface area contributed by atoms with Gasteiger partial charge in [0.2, 0.25) is 0 Å². The van der Waals surface area contributed by atoms with Crippen molar-refractivity contribution >= 4 is 5.91 Å². The van der Waals surface area contributed by atoms with Crippen LogP contribution in [0.4, 0.5) is 0 Å². The zero-order chi connectivity index (χ0) is 20.1. The minimum absolute atomic E-state index is 0.0122. The minimum atomic E-state index is -0.130. The second-order valence-corrected chi connectivity index (χ2v) is 6.94. The zero-order valence-electron chi connectivity index (χ0n) is 16.3. The van der Waals surface area contributed by atoms with E-state index in [4.69, 9.17) is 14.0 Å². The SMILES string of the molecule is COc1cccc(OCc2cc(C(=O)N3CCCCC3c3cccnc3)no2)c1. The van der Waals surface area contributed by atoms with E-state index in [1.54, 1.807) is 25.4 Å². The summed E-state index contributed by atoms with van der Waals surface area (Å²) in [4.78, 5) is 19.1. The van der Waals surface area contributed by atoms with E-state index < -0.39 is 0 Å². The van der Waals surface area contributed by atoms with E-state index in [2.05, 4.69) is 10.1 Å². The lowest BCUT2D eigenvalue weighted by Gasteiger charge is -2.35. The normalized spacial score (nSPS) is 16.4. The molecule has 1 fully saturated rings. The number of methoxy groups -OCH3 is 1. The van der Waals surface area contributed by atoms with Crippen molar-refractivity contribution in [2.45, 2.75) is 31.9 Å². The van der Waals surface area contributed by atoms with Gasteiger partial charge in [0.15, 0.2) is 11.5 Å². The summed E-state index contributed by atoms with van der Waals surface area (Å²) in [6.07, 6.45) is 6.55. The molecular weight excluding hydrogens is 370 g/mol. The predicted molar refractivity (Wildman–Crippen MR) is 106 cm³/mol. The van der Waals surface area contributed by atoms with Crippen molar-refractivity contribution in [3.63, 3.8) is 0 Å². The van der Waals surface area contributed by atoms with Crippen LogP contribution in [0.25, 0.3) is 0 Å². The number of carbonyl (C=O) groups is 1. The average molecular weight is 393 g/mol. The van der Waals surface area contributed by atoms with Gasteiger partial charge in [-0.05, 0) is 43.0 Å². The molecule has 29 heavy (non-hydrogen) atoms. The smallest absolute Gasteiger partial charge is 0.276 e. The van der Waals surface area contributed by atoms with Gasteiger partial charge in [0.1, 0.15) is 18.1 Å². The number of likely N-dealkylation sites (tertiary alicyclic amines) is 1. The molecule has 0 saturated carbocycles. The van der Waals surface area contributed by atoms with E-state index in [1.165, 1.54) is 0 Å². The van der Waals surface area contributed by atoms with Crippen LogP contribution in [0.15, 0.2) is 59.4 Å². The van der Waals surface area contributed by atoms with Crippen LogP contribution in [0.2, 0.25) is 0 Å². The van der Waals surface area contributed by atoms with Gasteiger partial charge in [0.25, 0.3) is 5.91 Å². The molecule has 1 saturated heterocycles. The molecule has 7 heteroatoms. The summed E-state index contributed by atoms with van der Waals surface area (Å²) in [5.74, 6) is 1.73. The highest BCUT2D eigenvalue weighted by atomic mass is 16.5. The first-order valence-corrected chi connectivity index (χ1v) is 9.68. The quantitative estimate of drug-likeness (QED) is 0.629. The Morgan fingerprint density at radius 3 is 2.93 bits per heavy atom. The fraction of sp³-hybridized carbons (Fsp3) is 0.318. The van der Waals surface area contributed by atoms with Crippen molar-refractivity contribution in [3.05, 3.63) is 71.9 Å². The third-order valence-corrected chi connectivity index (χ3v) is 5.03. The number of rotatable bonds is 6. The van der Waals surface area contributed by atoms with Gasteiger partial charge in [0, 0.05) is 31.1 Å². The number of amides is 1. The lowest BCUT2D eigenvalue weighted by molar-refractivity contribution is 0.0600. The molecule has 2 aromatic heterocycles. The summed E-state index contributed by atoms with van der Waals surface area (Å²) in [5.41, 5.74) is 1.34. The molecular formula is C22H23N3O4. The molecule has 1 aromatic carbocycles. The van der Waals surface area contributed by atoms with Crippen molar-refractivity contribution in [2.24, 2.45) is 0 Å². The summed E-state index contributed by atoms with van der Waals surface area (Å²) < 4.78 is 16.2. The number of piperidine rings is 1. The van der Waals surface area contributed by atoms with E-state index in [0.717, 1.165) is 24.8 Å². The van der Waals surface area contributed by atoms with Crippen LogP contribution in [0, 0.1) is 0 Å². The average Bonchev–Trinajstić information content (AvgIpc) is 3.27. The van der Waals surface area contributed by atoms with Gasteiger partial charge in [-0.3, -0.25) is 9.78 Å². The maximum atomic E-state index is 13.1. The summed E-state index contributed by atoms with van der Waals surface area (Å²) in [7, 11) is 1.60. The number of aromatic nitrogens is 2. The molecule has 1 aliphatic heterocycles. The van der Waals surface area contributed by atoms with Crippen molar-refractivity contribution in [1.29, 1.82) is 0 Å². The van der Waals surface area contributed by atoms with Crippen molar-refractivity contribution in [3.8, 4) is 11.5 Å². The Bertz CT molecular complexity index is 957. The molecule has 1 aliphatic rings. The molecule has 0 aliphatic carbocycles.